The van der Waals surface area contributed by atoms with Crippen molar-refractivity contribution in [1.82, 2.24) is 49.5 Å². The summed E-state index contributed by atoms with van der Waals surface area (Å²) < 4.78 is 0. The number of benzene rings is 4. The number of nitrogens with one attached hydrogen (secondary N) is 2. The first-order valence-corrected chi connectivity index (χ1v) is 26.3. The molecule has 0 aliphatic carbocycles. The van der Waals surface area contributed by atoms with Crippen molar-refractivity contribution >= 4 is 51.6 Å². The molecule has 10 rings (SSSR count). The number of nitrogens with two attached hydrogens (primary N) is 1. The second-order valence-corrected chi connectivity index (χ2v) is 20.2. The lowest BCUT2D eigenvalue weighted by atomic mass is 10.00. The highest BCUT2D eigenvalue weighted by atomic mass is 35.5. The van der Waals surface area contributed by atoms with Gasteiger partial charge in [0.25, 0.3) is 5.24 Å². The molecule has 4 N–H and O–H groups in total. The SMILES string of the molecule is C.CN1CCN(Cc2ccc(C(=O)Cl)cc2)CC1.Cc1ccc(CC(=O)c2ccc(CN3CCN(C)CC3)cc2)cc1Nc1nccc(-c2cnccc2C)n1.Cc1ccc(N)cc1Nc1nccc(-c2cnccc2C)n1. The number of nitrogens with zero attached hydrogens (tertiary/aromatic N) is 10. The lowest BCUT2D eigenvalue weighted by Crippen LogP contribution is -2.43. The van der Waals surface area contributed by atoms with E-state index in [4.69, 9.17) is 22.3 Å². The van der Waals surface area contributed by atoms with E-state index in [0.717, 1.165) is 133 Å². The van der Waals surface area contributed by atoms with E-state index >= 15 is 0 Å². The summed E-state index contributed by atoms with van der Waals surface area (Å²) in [6.07, 6.45) is 11.0. The molecule has 0 saturated carbocycles. The predicted octanol–water partition coefficient (Wildman–Crippen LogP) is 11.0. The molecule has 0 amide bonds. The van der Waals surface area contributed by atoms with Gasteiger partial charge in [-0.2, -0.15) is 0 Å². The van der Waals surface area contributed by atoms with E-state index < -0.39 is 5.24 Å². The second-order valence-electron chi connectivity index (χ2n) is 19.8. The maximum Gasteiger partial charge on any atom is 0.252 e. The van der Waals surface area contributed by atoms with Gasteiger partial charge in [0.1, 0.15) is 0 Å². The number of aryl methyl sites for hydroxylation is 4. The van der Waals surface area contributed by atoms with Crippen LogP contribution in [-0.2, 0) is 19.5 Å². The summed E-state index contributed by atoms with van der Waals surface area (Å²) in [5.74, 6) is 1.15. The van der Waals surface area contributed by atoms with Crippen LogP contribution in [0.3, 0.4) is 0 Å². The van der Waals surface area contributed by atoms with Gasteiger partial charge in [-0.25, -0.2) is 19.9 Å². The predicted molar refractivity (Wildman–Crippen MR) is 317 cm³/mol. The number of aromatic nitrogens is 6. The fraction of sp³-hybridized carbons (Fsp3) is 0.290. The molecule has 4 aromatic carbocycles. The molecule has 4 aromatic heterocycles. The minimum absolute atomic E-state index is 0. The van der Waals surface area contributed by atoms with Crippen LogP contribution in [0.1, 0.15) is 67.1 Å². The standard InChI is InChI=1S/C31H34N6O.C17H17N5.C13H17ClN2O.CH4/c1-22-10-12-32-20-27(22)28-11-13-33-31(34-28)35-29-18-25(5-4-23(29)2)19-30(38)26-8-6-24(7-9-26)21-37-16-14-36(3)15-17-37;1-11-5-7-19-10-14(11)15-6-8-20-17(21-15)22-16-9-13(18)4-3-12(16)2;1-15-6-8-16(9-7-15)10-11-2-4-12(5-3-11)13(14)17;/h4-13,18,20H,14-17,19,21H2,1-3H3,(H,33,34,35);3-10H,18H2,1-2H3,(H,20,21,22);2-5H,6-10H2,1H3;1H4. The molecule has 16 heteroatoms. The quantitative estimate of drug-likeness (QED) is 0.0533. The normalized spacial score (nSPS) is 13.9. The Morgan fingerprint density at radius 1 is 0.526 bits per heavy atom. The van der Waals surface area contributed by atoms with Gasteiger partial charge < -0.3 is 26.2 Å². The minimum atomic E-state index is -0.392. The van der Waals surface area contributed by atoms with Crippen LogP contribution in [0.5, 0.6) is 0 Å². The number of nitrogen functional groups attached to an aromatic ring is 1. The fourth-order valence-electron chi connectivity index (χ4n) is 8.88. The number of pyridine rings is 2. The summed E-state index contributed by atoms with van der Waals surface area (Å²) in [5.41, 5.74) is 21.1. The molecular formula is C62H72ClN13O2. The number of Topliss-reactive ketones (excluding diaryl/α,β-unsaturated/α-hetero) is 1. The van der Waals surface area contributed by atoms with Crippen molar-refractivity contribution in [2.75, 3.05) is 82.8 Å². The number of anilines is 5. The summed E-state index contributed by atoms with van der Waals surface area (Å²) in [5, 5.41) is 6.17. The van der Waals surface area contributed by atoms with Gasteiger partial charge >= 0.3 is 0 Å². The summed E-state index contributed by atoms with van der Waals surface area (Å²) in [6.45, 7) is 18.8. The van der Waals surface area contributed by atoms with Crippen molar-refractivity contribution in [1.29, 1.82) is 0 Å². The molecule has 2 fully saturated rings. The largest absolute Gasteiger partial charge is 0.399 e. The third-order valence-electron chi connectivity index (χ3n) is 13.8. The third kappa shape index (κ3) is 16.6. The maximum atomic E-state index is 13.1. The van der Waals surface area contributed by atoms with E-state index in [1.54, 1.807) is 36.9 Å². The lowest BCUT2D eigenvalue weighted by molar-refractivity contribution is 0.0992. The Morgan fingerprint density at radius 3 is 1.42 bits per heavy atom. The average Bonchev–Trinajstić information content (AvgIpc) is 3.43. The number of piperazine rings is 2. The van der Waals surface area contributed by atoms with Crippen molar-refractivity contribution in [3.63, 3.8) is 0 Å². The van der Waals surface area contributed by atoms with Crippen LogP contribution in [0.2, 0.25) is 0 Å². The van der Waals surface area contributed by atoms with Crippen molar-refractivity contribution in [2.24, 2.45) is 0 Å². The Kier molecular flexibility index (Phi) is 20.8. The Hall–Kier alpha value is -7.79. The van der Waals surface area contributed by atoms with Crippen LogP contribution in [0.25, 0.3) is 22.5 Å². The molecule has 2 aliphatic heterocycles. The molecule has 0 unspecified atom stereocenters. The third-order valence-corrected chi connectivity index (χ3v) is 14.0. The van der Waals surface area contributed by atoms with Crippen molar-refractivity contribution in [2.45, 2.75) is 54.6 Å². The van der Waals surface area contributed by atoms with Crippen molar-refractivity contribution < 1.29 is 9.59 Å². The van der Waals surface area contributed by atoms with E-state index in [1.807, 2.05) is 125 Å². The molecule has 78 heavy (non-hydrogen) atoms. The van der Waals surface area contributed by atoms with Gasteiger partial charge in [-0.1, -0.05) is 62.0 Å². The van der Waals surface area contributed by atoms with Crippen LogP contribution < -0.4 is 16.4 Å². The van der Waals surface area contributed by atoms with E-state index in [-0.39, 0.29) is 13.2 Å². The van der Waals surface area contributed by atoms with E-state index in [9.17, 15) is 9.59 Å². The van der Waals surface area contributed by atoms with E-state index in [1.165, 1.54) is 11.1 Å². The summed E-state index contributed by atoms with van der Waals surface area (Å²) in [6, 6.07) is 35.1. The van der Waals surface area contributed by atoms with Gasteiger partial charge in [-0.05, 0) is 147 Å². The first-order chi connectivity index (χ1) is 37.2. The summed E-state index contributed by atoms with van der Waals surface area (Å²) >= 11 is 5.41. The molecule has 404 valence electrons. The molecule has 2 aliphatic rings. The highest BCUT2D eigenvalue weighted by Gasteiger charge is 2.17. The molecule has 0 bridgehead atoms. The van der Waals surface area contributed by atoms with Gasteiger partial charge in [-0.3, -0.25) is 29.4 Å². The second kappa shape index (κ2) is 28.0. The molecule has 0 atom stereocenters. The number of likely N-dealkylation sites (N-methyl/N-ethyl adjacent to an activating group) is 2. The molecule has 6 heterocycles. The van der Waals surface area contributed by atoms with Gasteiger partial charge in [0.15, 0.2) is 5.78 Å². The first kappa shape index (κ1) is 57.9. The topological polar surface area (TPSA) is 175 Å². The Morgan fingerprint density at radius 2 is 0.962 bits per heavy atom. The smallest absolute Gasteiger partial charge is 0.252 e. The van der Waals surface area contributed by atoms with Gasteiger partial charge in [0.05, 0.1) is 11.4 Å². The van der Waals surface area contributed by atoms with Crippen molar-refractivity contribution in [3.8, 4) is 22.5 Å². The van der Waals surface area contributed by atoms with Gasteiger partial charge in [0.2, 0.25) is 11.9 Å². The zero-order valence-corrected chi connectivity index (χ0v) is 45.6. The average molecular weight is 1070 g/mol. The van der Waals surface area contributed by atoms with Crippen LogP contribution in [0.4, 0.5) is 29.0 Å². The monoisotopic (exact) mass is 1070 g/mol. The minimum Gasteiger partial charge on any atom is -0.399 e. The Bertz CT molecular complexity index is 3250. The molecular weight excluding hydrogens is 994 g/mol. The molecule has 15 nitrogen and oxygen atoms in total. The molecule has 0 radical (unpaired) electrons. The number of carbonyl (C=O) groups is 2. The van der Waals surface area contributed by atoms with Crippen LogP contribution in [-0.4, -0.2) is 127 Å². The lowest BCUT2D eigenvalue weighted by Gasteiger charge is -2.32. The maximum absolute atomic E-state index is 13.1. The van der Waals surface area contributed by atoms with E-state index in [0.29, 0.717) is 29.6 Å². The van der Waals surface area contributed by atoms with Crippen LogP contribution >= 0.6 is 11.6 Å². The number of hydrogen-bond acceptors (Lipinski definition) is 15. The highest BCUT2D eigenvalue weighted by Crippen LogP contribution is 2.27. The fourth-order valence-corrected chi connectivity index (χ4v) is 9.01. The van der Waals surface area contributed by atoms with Gasteiger partial charge in [-0.15, -0.1) is 0 Å². The number of ketones is 1. The Balaban J connectivity index is 0.000000186. The Labute approximate surface area is 465 Å². The molecule has 2 saturated heterocycles. The zero-order chi connectivity index (χ0) is 54.3. The van der Waals surface area contributed by atoms with Crippen LogP contribution in [0, 0.1) is 27.7 Å². The van der Waals surface area contributed by atoms with E-state index in [2.05, 4.69) is 81.4 Å². The van der Waals surface area contributed by atoms with Crippen LogP contribution in [0.15, 0.2) is 146 Å². The van der Waals surface area contributed by atoms with Gasteiger partial charge in [0, 0.05) is 148 Å². The van der Waals surface area contributed by atoms with Crippen molar-refractivity contribution in [3.05, 3.63) is 196 Å². The zero-order valence-electron chi connectivity index (χ0n) is 44.9. The summed E-state index contributed by atoms with van der Waals surface area (Å²) in [7, 11) is 4.32. The molecule has 0 spiro atoms. The number of halogens is 1. The molecule has 8 aromatic rings. The highest BCUT2D eigenvalue weighted by molar-refractivity contribution is 6.67. The number of rotatable bonds is 14. The first-order valence-electron chi connectivity index (χ1n) is 25.9. The summed E-state index contributed by atoms with van der Waals surface area (Å²) in [4.78, 5) is 59.9. The number of hydrogen-bond donors (Lipinski definition) is 3. The number of carbonyl (C=O) groups excluding carboxylic acids is 2.